The average molecular weight is 276 g/mol. The minimum atomic E-state index is -0.388. The van der Waals surface area contributed by atoms with Gasteiger partial charge in [0.2, 0.25) is 0 Å². The summed E-state index contributed by atoms with van der Waals surface area (Å²) >= 11 is 0. The number of methoxy groups -OCH3 is 1. The minimum absolute atomic E-state index is 0.0252. The summed E-state index contributed by atoms with van der Waals surface area (Å²) in [5, 5.41) is 0. The zero-order valence-corrected chi connectivity index (χ0v) is 12.0. The van der Waals surface area contributed by atoms with E-state index in [1.54, 1.807) is 24.3 Å². The van der Waals surface area contributed by atoms with E-state index >= 15 is 0 Å². The predicted molar refractivity (Wildman–Crippen MR) is 75.8 cm³/mol. The van der Waals surface area contributed by atoms with Gasteiger partial charge in [0, 0.05) is 31.7 Å². The molecule has 0 bridgehead atoms. The van der Waals surface area contributed by atoms with E-state index in [4.69, 9.17) is 0 Å². The number of hydrogen-bond donors (Lipinski definition) is 0. The standard InChI is InChI=1S/C15H20N2O3/c1-3-16-8-10-17(11-9-16)14(18)12-4-6-13(7-5-12)15(19)20-2/h4-7H,3,8-11H2,1-2H3. The lowest BCUT2D eigenvalue weighted by molar-refractivity contribution is 0.0597. The van der Waals surface area contributed by atoms with Gasteiger partial charge in [0.15, 0.2) is 0 Å². The Hall–Kier alpha value is -1.88. The first-order valence-electron chi connectivity index (χ1n) is 6.85. The molecule has 2 rings (SSSR count). The Morgan fingerprint density at radius 3 is 2.10 bits per heavy atom. The van der Waals surface area contributed by atoms with Gasteiger partial charge in [-0.3, -0.25) is 4.79 Å². The molecule has 108 valence electrons. The van der Waals surface area contributed by atoms with Crippen molar-refractivity contribution in [3.8, 4) is 0 Å². The van der Waals surface area contributed by atoms with Crippen LogP contribution in [0.1, 0.15) is 27.6 Å². The van der Waals surface area contributed by atoms with Crippen molar-refractivity contribution < 1.29 is 14.3 Å². The van der Waals surface area contributed by atoms with Gasteiger partial charge in [-0.25, -0.2) is 4.79 Å². The minimum Gasteiger partial charge on any atom is -0.465 e. The predicted octanol–water partition coefficient (Wildman–Crippen LogP) is 1.25. The zero-order valence-electron chi connectivity index (χ0n) is 12.0. The Morgan fingerprint density at radius 1 is 1.05 bits per heavy atom. The van der Waals surface area contributed by atoms with Crippen molar-refractivity contribution in [3.05, 3.63) is 35.4 Å². The molecule has 1 saturated heterocycles. The third-order valence-corrected chi connectivity index (χ3v) is 3.66. The van der Waals surface area contributed by atoms with Crippen LogP contribution in [0.2, 0.25) is 0 Å². The lowest BCUT2D eigenvalue weighted by Crippen LogP contribution is -2.48. The van der Waals surface area contributed by atoms with Crippen LogP contribution in [0.3, 0.4) is 0 Å². The van der Waals surface area contributed by atoms with Crippen LogP contribution in [0.25, 0.3) is 0 Å². The number of nitrogens with zero attached hydrogens (tertiary/aromatic N) is 2. The molecule has 0 unspecified atom stereocenters. The van der Waals surface area contributed by atoms with Gasteiger partial charge in [0.1, 0.15) is 0 Å². The molecule has 0 atom stereocenters. The van der Waals surface area contributed by atoms with Crippen molar-refractivity contribution in [2.24, 2.45) is 0 Å². The molecular formula is C15H20N2O3. The van der Waals surface area contributed by atoms with E-state index in [1.165, 1.54) is 7.11 Å². The number of ether oxygens (including phenoxy) is 1. The summed E-state index contributed by atoms with van der Waals surface area (Å²) in [6.45, 7) is 6.50. The van der Waals surface area contributed by atoms with Gasteiger partial charge in [-0.15, -0.1) is 0 Å². The second-order valence-electron chi connectivity index (χ2n) is 4.80. The first-order chi connectivity index (χ1) is 9.65. The fraction of sp³-hybridized carbons (Fsp3) is 0.467. The Balaban J connectivity index is 2.01. The number of amides is 1. The molecule has 1 heterocycles. The molecule has 0 aliphatic carbocycles. The third kappa shape index (κ3) is 3.17. The largest absolute Gasteiger partial charge is 0.465 e. The van der Waals surface area contributed by atoms with Crippen LogP contribution >= 0.6 is 0 Å². The highest BCUT2D eigenvalue weighted by Gasteiger charge is 2.21. The summed E-state index contributed by atoms with van der Waals surface area (Å²) in [5.41, 5.74) is 1.07. The molecule has 20 heavy (non-hydrogen) atoms. The first kappa shape index (κ1) is 14.5. The normalized spacial score (nSPS) is 16.0. The van der Waals surface area contributed by atoms with Crippen LogP contribution in [-0.2, 0) is 4.74 Å². The molecule has 1 aliphatic heterocycles. The smallest absolute Gasteiger partial charge is 0.337 e. The van der Waals surface area contributed by atoms with Crippen molar-refractivity contribution in [1.29, 1.82) is 0 Å². The molecule has 5 nitrogen and oxygen atoms in total. The summed E-state index contributed by atoms with van der Waals surface area (Å²) in [4.78, 5) is 27.9. The molecule has 0 radical (unpaired) electrons. The van der Waals surface area contributed by atoms with Crippen LogP contribution in [0.15, 0.2) is 24.3 Å². The molecular weight excluding hydrogens is 256 g/mol. The maximum atomic E-state index is 12.3. The molecule has 1 amide bonds. The van der Waals surface area contributed by atoms with Gasteiger partial charge >= 0.3 is 5.97 Å². The van der Waals surface area contributed by atoms with Crippen molar-refractivity contribution in [2.75, 3.05) is 39.8 Å². The number of carbonyl (C=O) groups excluding carboxylic acids is 2. The van der Waals surface area contributed by atoms with Gasteiger partial charge in [0.05, 0.1) is 12.7 Å². The number of rotatable bonds is 3. The lowest BCUT2D eigenvalue weighted by atomic mass is 10.1. The molecule has 5 heteroatoms. The van der Waals surface area contributed by atoms with Crippen molar-refractivity contribution in [1.82, 2.24) is 9.80 Å². The van der Waals surface area contributed by atoms with E-state index in [0.717, 1.165) is 32.7 Å². The zero-order chi connectivity index (χ0) is 14.5. The highest BCUT2D eigenvalue weighted by molar-refractivity contribution is 5.96. The average Bonchev–Trinajstić information content (AvgIpc) is 2.53. The topological polar surface area (TPSA) is 49.9 Å². The van der Waals surface area contributed by atoms with Crippen molar-refractivity contribution in [3.63, 3.8) is 0 Å². The van der Waals surface area contributed by atoms with Gasteiger partial charge in [-0.2, -0.15) is 0 Å². The highest BCUT2D eigenvalue weighted by atomic mass is 16.5. The summed E-state index contributed by atoms with van der Waals surface area (Å²) in [6, 6.07) is 6.62. The van der Waals surface area contributed by atoms with Gasteiger partial charge in [0.25, 0.3) is 5.91 Å². The molecule has 0 N–H and O–H groups in total. The van der Waals surface area contributed by atoms with E-state index < -0.39 is 0 Å². The van der Waals surface area contributed by atoms with E-state index in [1.807, 2.05) is 4.90 Å². The monoisotopic (exact) mass is 276 g/mol. The molecule has 1 aromatic rings. The molecule has 1 aromatic carbocycles. The maximum absolute atomic E-state index is 12.3. The summed E-state index contributed by atoms with van der Waals surface area (Å²) in [5.74, 6) is -0.363. The number of piperazine rings is 1. The highest BCUT2D eigenvalue weighted by Crippen LogP contribution is 2.11. The summed E-state index contributed by atoms with van der Waals surface area (Å²) in [6.07, 6.45) is 0. The van der Waals surface area contributed by atoms with Crippen molar-refractivity contribution in [2.45, 2.75) is 6.92 Å². The molecule has 1 fully saturated rings. The number of carbonyl (C=O) groups is 2. The van der Waals surface area contributed by atoms with E-state index in [2.05, 4.69) is 16.6 Å². The summed E-state index contributed by atoms with van der Waals surface area (Å²) < 4.78 is 4.64. The lowest BCUT2D eigenvalue weighted by Gasteiger charge is -2.34. The van der Waals surface area contributed by atoms with Crippen LogP contribution < -0.4 is 0 Å². The molecule has 0 aromatic heterocycles. The molecule has 0 spiro atoms. The first-order valence-corrected chi connectivity index (χ1v) is 6.85. The third-order valence-electron chi connectivity index (χ3n) is 3.66. The van der Waals surface area contributed by atoms with Gasteiger partial charge in [-0.1, -0.05) is 6.92 Å². The number of hydrogen-bond acceptors (Lipinski definition) is 4. The summed E-state index contributed by atoms with van der Waals surface area (Å²) in [7, 11) is 1.34. The second kappa shape index (κ2) is 6.52. The second-order valence-corrected chi connectivity index (χ2v) is 4.80. The number of esters is 1. The molecule has 1 aliphatic rings. The van der Waals surface area contributed by atoms with Crippen LogP contribution in [0, 0.1) is 0 Å². The van der Waals surface area contributed by atoms with Crippen LogP contribution in [-0.4, -0.2) is 61.5 Å². The van der Waals surface area contributed by atoms with Crippen molar-refractivity contribution >= 4 is 11.9 Å². The Labute approximate surface area is 119 Å². The quantitative estimate of drug-likeness (QED) is 0.780. The van der Waals surface area contributed by atoms with E-state index in [9.17, 15) is 9.59 Å². The van der Waals surface area contributed by atoms with Gasteiger partial charge < -0.3 is 14.5 Å². The fourth-order valence-electron chi connectivity index (χ4n) is 2.32. The number of likely N-dealkylation sites (N-methyl/N-ethyl adjacent to an activating group) is 1. The maximum Gasteiger partial charge on any atom is 0.337 e. The van der Waals surface area contributed by atoms with E-state index in [-0.39, 0.29) is 11.9 Å². The Bertz CT molecular complexity index is 476. The van der Waals surface area contributed by atoms with Crippen LogP contribution in [0.5, 0.6) is 0 Å². The van der Waals surface area contributed by atoms with E-state index in [0.29, 0.717) is 11.1 Å². The Kier molecular flexibility index (Phi) is 4.74. The van der Waals surface area contributed by atoms with Gasteiger partial charge in [-0.05, 0) is 30.8 Å². The fourth-order valence-corrected chi connectivity index (χ4v) is 2.32. The SMILES string of the molecule is CCN1CCN(C(=O)c2ccc(C(=O)OC)cc2)CC1. The van der Waals surface area contributed by atoms with Crippen LogP contribution in [0.4, 0.5) is 0 Å². The number of benzene rings is 1. The molecule has 0 saturated carbocycles. The Morgan fingerprint density at radius 2 is 1.60 bits per heavy atom.